The quantitative estimate of drug-likeness (QED) is 0.734. The van der Waals surface area contributed by atoms with Crippen LogP contribution in [0, 0.1) is 0 Å². The molecule has 1 heterocycles. The van der Waals surface area contributed by atoms with Crippen molar-refractivity contribution in [1.82, 2.24) is 10.2 Å². The highest BCUT2D eigenvalue weighted by atomic mass is 35.5. The van der Waals surface area contributed by atoms with Crippen LogP contribution in [0.15, 0.2) is 48.5 Å². The lowest BCUT2D eigenvalue weighted by molar-refractivity contribution is -0.109. The topological polar surface area (TPSA) is 49.4 Å². The van der Waals surface area contributed by atoms with E-state index in [1.54, 1.807) is 24.3 Å². The van der Waals surface area contributed by atoms with E-state index in [0.717, 1.165) is 37.2 Å². The predicted molar refractivity (Wildman–Crippen MR) is 109 cm³/mol. The summed E-state index contributed by atoms with van der Waals surface area (Å²) >= 11 is 11.9. The Hall–Kier alpha value is -1.88. The lowest BCUT2D eigenvalue weighted by Crippen LogP contribution is -2.46. The Morgan fingerprint density at radius 2 is 1.81 bits per heavy atom. The number of hydrogen-bond acceptors (Lipinski definition) is 3. The molecule has 1 unspecified atom stereocenters. The maximum absolute atomic E-state index is 12.3. The Balaban J connectivity index is 1.51. The molecule has 1 fully saturated rings. The van der Waals surface area contributed by atoms with E-state index in [4.69, 9.17) is 23.2 Å². The lowest BCUT2D eigenvalue weighted by atomic mass is 9.89. The van der Waals surface area contributed by atoms with Gasteiger partial charge in [-0.1, -0.05) is 41.4 Å². The first-order valence-corrected chi connectivity index (χ1v) is 9.80. The number of carbonyl (C=O) groups excluding carboxylic acids is 2. The second-order valence-electron chi connectivity index (χ2n) is 6.85. The molecule has 2 aromatic carbocycles. The number of nitrogens with one attached hydrogen (secondary N) is 1. The first kappa shape index (κ1) is 19.9. The van der Waals surface area contributed by atoms with Crippen molar-refractivity contribution >= 4 is 35.4 Å². The molecule has 1 aliphatic rings. The summed E-state index contributed by atoms with van der Waals surface area (Å²) in [6.07, 6.45) is 2.85. The normalized spacial score (nSPS) is 16.7. The number of nitrogens with zero attached hydrogens (tertiary/aromatic N) is 1. The van der Waals surface area contributed by atoms with E-state index < -0.39 is 6.04 Å². The SMILES string of the molecule is O=CC(CN1CCC(c2ccc(Cl)cc2)CC1)NC(=O)c1cccc(Cl)c1. The number of rotatable bonds is 6. The van der Waals surface area contributed by atoms with Crippen LogP contribution in [0.1, 0.15) is 34.7 Å². The minimum Gasteiger partial charge on any atom is -0.341 e. The molecule has 142 valence electrons. The molecule has 1 N–H and O–H groups in total. The Kier molecular flexibility index (Phi) is 6.89. The molecular formula is C21H22Cl2N2O2. The second kappa shape index (κ2) is 9.36. The Bertz CT molecular complexity index is 787. The summed E-state index contributed by atoms with van der Waals surface area (Å²) < 4.78 is 0. The summed E-state index contributed by atoms with van der Waals surface area (Å²) in [5.41, 5.74) is 1.76. The third kappa shape index (κ3) is 5.55. The van der Waals surface area contributed by atoms with Gasteiger partial charge in [-0.15, -0.1) is 0 Å². The van der Waals surface area contributed by atoms with Crippen molar-refractivity contribution in [2.75, 3.05) is 19.6 Å². The Morgan fingerprint density at radius 1 is 1.11 bits per heavy atom. The molecule has 0 bridgehead atoms. The average molecular weight is 405 g/mol. The number of carbonyl (C=O) groups is 2. The van der Waals surface area contributed by atoms with Gasteiger partial charge in [-0.3, -0.25) is 4.79 Å². The van der Waals surface area contributed by atoms with Gasteiger partial charge >= 0.3 is 0 Å². The fourth-order valence-electron chi connectivity index (χ4n) is 3.47. The maximum atomic E-state index is 12.3. The minimum absolute atomic E-state index is 0.286. The van der Waals surface area contributed by atoms with Crippen LogP contribution in [-0.4, -0.2) is 42.8 Å². The highest BCUT2D eigenvalue weighted by Gasteiger charge is 2.23. The minimum atomic E-state index is -0.538. The van der Waals surface area contributed by atoms with E-state index in [-0.39, 0.29) is 5.91 Å². The molecule has 0 saturated carbocycles. The summed E-state index contributed by atoms with van der Waals surface area (Å²) in [6.45, 7) is 2.30. The van der Waals surface area contributed by atoms with Crippen molar-refractivity contribution in [3.8, 4) is 0 Å². The molecule has 4 nitrogen and oxygen atoms in total. The third-order valence-corrected chi connectivity index (χ3v) is 5.44. The van der Waals surface area contributed by atoms with E-state index in [0.29, 0.717) is 23.0 Å². The average Bonchev–Trinajstić information content (AvgIpc) is 2.68. The van der Waals surface area contributed by atoms with Gasteiger partial charge in [0, 0.05) is 22.2 Å². The van der Waals surface area contributed by atoms with Crippen LogP contribution < -0.4 is 5.32 Å². The van der Waals surface area contributed by atoms with Crippen molar-refractivity contribution in [1.29, 1.82) is 0 Å². The smallest absolute Gasteiger partial charge is 0.251 e. The van der Waals surface area contributed by atoms with Gasteiger partial charge in [-0.2, -0.15) is 0 Å². The van der Waals surface area contributed by atoms with Crippen LogP contribution in [0.25, 0.3) is 0 Å². The van der Waals surface area contributed by atoms with Gasteiger partial charge in [0.25, 0.3) is 5.91 Å². The highest BCUT2D eigenvalue weighted by Crippen LogP contribution is 2.28. The maximum Gasteiger partial charge on any atom is 0.251 e. The number of likely N-dealkylation sites (tertiary alicyclic amines) is 1. The molecule has 1 aliphatic heterocycles. The zero-order valence-corrected chi connectivity index (χ0v) is 16.4. The van der Waals surface area contributed by atoms with Crippen molar-refractivity contribution < 1.29 is 9.59 Å². The molecule has 0 spiro atoms. The fourth-order valence-corrected chi connectivity index (χ4v) is 3.78. The van der Waals surface area contributed by atoms with Gasteiger partial charge in [0.05, 0.1) is 6.04 Å². The van der Waals surface area contributed by atoms with Gasteiger partial charge in [-0.25, -0.2) is 0 Å². The van der Waals surface area contributed by atoms with Crippen LogP contribution >= 0.6 is 23.2 Å². The predicted octanol–water partition coefficient (Wildman–Crippen LogP) is 4.17. The van der Waals surface area contributed by atoms with Crippen LogP contribution in [0.4, 0.5) is 0 Å². The first-order valence-electron chi connectivity index (χ1n) is 9.04. The van der Waals surface area contributed by atoms with Crippen LogP contribution in [0.3, 0.4) is 0 Å². The van der Waals surface area contributed by atoms with Crippen molar-refractivity contribution in [3.05, 3.63) is 69.7 Å². The number of piperidine rings is 1. The van der Waals surface area contributed by atoms with Gasteiger partial charge in [-0.05, 0) is 67.7 Å². The lowest BCUT2D eigenvalue weighted by Gasteiger charge is -2.33. The second-order valence-corrected chi connectivity index (χ2v) is 7.73. The molecule has 0 aliphatic carbocycles. The third-order valence-electron chi connectivity index (χ3n) is 4.95. The summed E-state index contributed by atoms with van der Waals surface area (Å²) in [5.74, 6) is 0.222. The van der Waals surface area contributed by atoms with Crippen molar-refractivity contribution in [2.24, 2.45) is 0 Å². The molecule has 0 radical (unpaired) electrons. The van der Waals surface area contributed by atoms with Crippen LogP contribution in [-0.2, 0) is 4.79 Å². The van der Waals surface area contributed by atoms with Gasteiger partial charge in [0.2, 0.25) is 0 Å². The van der Waals surface area contributed by atoms with E-state index in [2.05, 4.69) is 22.3 Å². The summed E-state index contributed by atoms with van der Waals surface area (Å²) in [5, 5.41) is 4.03. The first-order chi connectivity index (χ1) is 13.0. The Labute approximate surface area is 169 Å². The number of halogens is 2. The number of benzene rings is 2. The van der Waals surface area contributed by atoms with Crippen molar-refractivity contribution in [3.63, 3.8) is 0 Å². The van der Waals surface area contributed by atoms with Crippen LogP contribution in [0.5, 0.6) is 0 Å². The van der Waals surface area contributed by atoms with Gasteiger partial charge in [0.15, 0.2) is 0 Å². The highest BCUT2D eigenvalue weighted by molar-refractivity contribution is 6.31. The van der Waals surface area contributed by atoms with E-state index in [9.17, 15) is 9.59 Å². The monoisotopic (exact) mass is 404 g/mol. The van der Waals surface area contributed by atoms with E-state index in [1.807, 2.05) is 12.1 Å². The summed E-state index contributed by atoms with van der Waals surface area (Å²) in [7, 11) is 0. The van der Waals surface area contributed by atoms with Gasteiger partial charge < -0.3 is 15.0 Å². The molecule has 27 heavy (non-hydrogen) atoms. The molecule has 6 heteroatoms. The molecule has 1 amide bonds. The van der Waals surface area contributed by atoms with Crippen LogP contribution in [0.2, 0.25) is 10.0 Å². The summed E-state index contributed by atoms with van der Waals surface area (Å²) in [6, 6.07) is 14.2. The summed E-state index contributed by atoms with van der Waals surface area (Å²) in [4.78, 5) is 26.0. The number of amides is 1. The number of hydrogen-bond donors (Lipinski definition) is 1. The molecule has 1 saturated heterocycles. The molecular weight excluding hydrogens is 383 g/mol. The standard InChI is InChI=1S/C21H22Cl2N2O2/c22-18-6-4-15(5-7-18)16-8-10-25(11-9-16)13-20(14-26)24-21(27)17-2-1-3-19(23)12-17/h1-7,12,14,16,20H,8-11,13H2,(H,24,27). The zero-order valence-electron chi connectivity index (χ0n) is 14.9. The molecule has 2 aromatic rings. The largest absolute Gasteiger partial charge is 0.341 e. The van der Waals surface area contributed by atoms with Crippen molar-refractivity contribution in [2.45, 2.75) is 24.8 Å². The fraction of sp³-hybridized carbons (Fsp3) is 0.333. The zero-order chi connectivity index (χ0) is 19.2. The van der Waals surface area contributed by atoms with E-state index >= 15 is 0 Å². The van der Waals surface area contributed by atoms with E-state index in [1.165, 1.54) is 5.56 Å². The molecule has 1 atom stereocenters. The molecule has 3 rings (SSSR count). The Morgan fingerprint density at radius 3 is 2.44 bits per heavy atom. The number of aldehydes is 1. The molecule has 0 aromatic heterocycles. The van der Waals surface area contributed by atoms with Gasteiger partial charge in [0.1, 0.15) is 6.29 Å².